The van der Waals surface area contributed by atoms with Crippen LogP contribution in [0.25, 0.3) is 0 Å². The van der Waals surface area contributed by atoms with Gasteiger partial charge in [-0.15, -0.1) is 0 Å². The molecule has 1 N–H and O–H groups in total. The maximum Gasteiger partial charge on any atom is 0.308 e. The quantitative estimate of drug-likeness (QED) is 0.736. The molecule has 1 aliphatic heterocycles. The largest absolute Gasteiger partial charge is 0.481 e. The highest BCUT2D eigenvalue weighted by atomic mass is 16.4. The summed E-state index contributed by atoms with van der Waals surface area (Å²) in [5, 5.41) is 9.03. The van der Waals surface area contributed by atoms with Crippen molar-refractivity contribution in [3.05, 3.63) is 0 Å². The molecule has 0 radical (unpaired) electrons. The fraction of sp³-hybridized carbons (Fsp3) is 0.917. The molecule has 0 unspecified atom stereocenters. The summed E-state index contributed by atoms with van der Waals surface area (Å²) in [5.41, 5.74) is 0. The van der Waals surface area contributed by atoms with Crippen LogP contribution in [0.1, 0.15) is 20.8 Å². The van der Waals surface area contributed by atoms with Crippen molar-refractivity contribution in [3.8, 4) is 0 Å². The average molecular weight is 228 g/mol. The van der Waals surface area contributed by atoms with Gasteiger partial charge in [-0.2, -0.15) is 0 Å². The highest BCUT2D eigenvalue weighted by Crippen LogP contribution is 2.22. The van der Waals surface area contributed by atoms with E-state index in [-0.39, 0.29) is 11.8 Å². The van der Waals surface area contributed by atoms with E-state index in [1.54, 1.807) is 0 Å². The summed E-state index contributed by atoms with van der Waals surface area (Å²) in [7, 11) is 0. The minimum Gasteiger partial charge on any atom is -0.481 e. The summed E-state index contributed by atoms with van der Waals surface area (Å²) in [4.78, 5) is 15.6. The molecule has 0 spiro atoms. The zero-order valence-corrected chi connectivity index (χ0v) is 10.6. The van der Waals surface area contributed by atoms with E-state index < -0.39 is 5.97 Å². The number of carboxylic acids is 1. The molecule has 16 heavy (non-hydrogen) atoms. The maximum absolute atomic E-state index is 11.0. The lowest BCUT2D eigenvalue weighted by atomic mass is 9.99. The molecule has 2 atom stereocenters. The molecule has 1 heterocycles. The van der Waals surface area contributed by atoms with Gasteiger partial charge in [-0.25, -0.2) is 0 Å². The van der Waals surface area contributed by atoms with Gasteiger partial charge in [-0.05, 0) is 19.0 Å². The van der Waals surface area contributed by atoms with Crippen molar-refractivity contribution in [3.63, 3.8) is 0 Å². The monoisotopic (exact) mass is 228 g/mol. The summed E-state index contributed by atoms with van der Waals surface area (Å²) in [6.07, 6.45) is 0. The van der Waals surface area contributed by atoms with Crippen LogP contribution in [0.3, 0.4) is 0 Å². The van der Waals surface area contributed by atoms with Crippen LogP contribution in [0.2, 0.25) is 0 Å². The van der Waals surface area contributed by atoms with Crippen molar-refractivity contribution < 1.29 is 9.90 Å². The summed E-state index contributed by atoms with van der Waals surface area (Å²) in [6, 6.07) is 0. The van der Waals surface area contributed by atoms with Gasteiger partial charge >= 0.3 is 5.97 Å². The Morgan fingerprint density at radius 2 is 2.00 bits per heavy atom. The Bertz CT molecular complexity index is 229. The first-order chi connectivity index (χ1) is 7.58. The third-order valence-corrected chi connectivity index (χ3v) is 3.63. The number of aliphatic carboxylic acids is 1. The van der Waals surface area contributed by atoms with Gasteiger partial charge < -0.3 is 14.9 Å². The number of carboxylic acid groups (broad SMARTS) is 1. The minimum absolute atomic E-state index is 0.170. The second-order valence-corrected chi connectivity index (χ2v) is 4.71. The van der Waals surface area contributed by atoms with E-state index in [2.05, 4.69) is 23.6 Å². The predicted molar refractivity (Wildman–Crippen MR) is 64.5 cm³/mol. The average Bonchev–Trinajstić information content (AvgIpc) is 2.61. The summed E-state index contributed by atoms with van der Waals surface area (Å²) in [5.74, 6) is -0.524. The minimum atomic E-state index is -0.641. The number of nitrogens with zero attached hydrogens (tertiary/aromatic N) is 2. The van der Waals surface area contributed by atoms with Gasteiger partial charge in [0.15, 0.2) is 0 Å². The zero-order valence-electron chi connectivity index (χ0n) is 10.6. The van der Waals surface area contributed by atoms with Crippen molar-refractivity contribution in [2.75, 3.05) is 39.3 Å². The molecular weight excluding hydrogens is 204 g/mol. The van der Waals surface area contributed by atoms with E-state index in [0.717, 1.165) is 39.3 Å². The summed E-state index contributed by atoms with van der Waals surface area (Å²) < 4.78 is 0. The summed E-state index contributed by atoms with van der Waals surface area (Å²) in [6.45, 7) is 12.2. The lowest BCUT2D eigenvalue weighted by molar-refractivity contribution is -0.142. The van der Waals surface area contributed by atoms with Crippen molar-refractivity contribution in [1.29, 1.82) is 0 Å². The molecule has 1 rings (SSSR count). The van der Waals surface area contributed by atoms with Crippen LogP contribution >= 0.6 is 0 Å². The first kappa shape index (κ1) is 13.5. The van der Waals surface area contributed by atoms with Gasteiger partial charge in [-0.3, -0.25) is 4.79 Å². The number of likely N-dealkylation sites (tertiary alicyclic amines) is 1. The highest BCUT2D eigenvalue weighted by molar-refractivity contribution is 5.71. The second kappa shape index (κ2) is 6.21. The van der Waals surface area contributed by atoms with Crippen molar-refractivity contribution in [2.45, 2.75) is 20.8 Å². The Hall–Kier alpha value is -0.610. The Morgan fingerprint density at radius 3 is 2.44 bits per heavy atom. The molecular formula is C12H24N2O2. The lowest BCUT2D eigenvalue weighted by Gasteiger charge is -2.22. The van der Waals surface area contributed by atoms with Crippen LogP contribution < -0.4 is 0 Å². The third-order valence-electron chi connectivity index (χ3n) is 3.63. The molecule has 0 aromatic heterocycles. The number of likely N-dealkylation sites (N-methyl/N-ethyl adjacent to an activating group) is 1. The number of carbonyl (C=O) groups is 1. The first-order valence-electron chi connectivity index (χ1n) is 6.26. The van der Waals surface area contributed by atoms with Gasteiger partial charge in [0.05, 0.1) is 5.92 Å². The van der Waals surface area contributed by atoms with Crippen LogP contribution in [0, 0.1) is 11.8 Å². The SMILES string of the molecule is CCN(CC)CCN1C[C@@H](C)[C@H](C(=O)O)C1. The zero-order chi connectivity index (χ0) is 12.1. The maximum atomic E-state index is 11.0. The van der Waals surface area contributed by atoms with Crippen LogP contribution in [0.5, 0.6) is 0 Å². The summed E-state index contributed by atoms with van der Waals surface area (Å²) >= 11 is 0. The van der Waals surface area contributed by atoms with Gasteiger partial charge in [0.1, 0.15) is 0 Å². The Kier molecular flexibility index (Phi) is 5.22. The molecule has 1 saturated heterocycles. The molecule has 94 valence electrons. The molecule has 4 heteroatoms. The van der Waals surface area contributed by atoms with Crippen LogP contribution in [0.15, 0.2) is 0 Å². The predicted octanol–water partition coefficient (Wildman–Crippen LogP) is 0.981. The number of hydrogen-bond donors (Lipinski definition) is 1. The van der Waals surface area contributed by atoms with Crippen molar-refractivity contribution in [1.82, 2.24) is 9.80 Å². The fourth-order valence-electron chi connectivity index (χ4n) is 2.39. The van der Waals surface area contributed by atoms with Gasteiger partial charge in [0, 0.05) is 26.2 Å². The van der Waals surface area contributed by atoms with Crippen molar-refractivity contribution in [2.24, 2.45) is 11.8 Å². The first-order valence-corrected chi connectivity index (χ1v) is 6.26. The standard InChI is InChI=1S/C12H24N2O2/c1-4-13(5-2)6-7-14-8-10(3)11(9-14)12(15)16/h10-11H,4-9H2,1-3H3,(H,15,16)/t10-,11-/m1/s1. The van der Waals surface area contributed by atoms with E-state index >= 15 is 0 Å². The van der Waals surface area contributed by atoms with E-state index in [9.17, 15) is 4.79 Å². The fourth-order valence-corrected chi connectivity index (χ4v) is 2.39. The van der Waals surface area contributed by atoms with E-state index in [0.29, 0.717) is 0 Å². The van der Waals surface area contributed by atoms with Crippen LogP contribution in [-0.4, -0.2) is 60.1 Å². The van der Waals surface area contributed by atoms with E-state index in [4.69, 9.17) is 5.11 Å². The molecule has 0 aliphatic carbocycles. The number of rotatable bonds is 6. The van der Waals surface area contributed by atoms with Gasteiger partial charge in [-0.1, -0.05) is 20.8 Å². The normalized spacial score (nSPS) is 26.5. The molecule has 0 aromatic rings. The van der Waals surface area contributed by atoms with E-state index in [1.165, 1.54) is 0 Å². The molecule has 4 nitrogen and oxygen atoms in total. The molecule has 1 aliphatic rings. The van der Waals surface area contributed by atoms with Gasteiger partial charge in [0.25, 0.3) is 0 Å². The Morgan fingerprint density at radius 1 is 1.38 bits per heavy atom. The Labute approximate surface area is 98.2 Å². The van der Waals surface area contributed by atoms with E-state index in [1.807, 2.05) is 6.92 Å². The molecule has 0 bridgehead atoms. The smallest absolute Gasteiger partial charge is 0.308 e. The third kappa shape index (κ3) is 3.46. The van der Waals surface area contributed by atoms with Crippen LogP contribution in [0.4, 0.5) is 0 Å². The highest BCUT2D eigenvalue weighted by Gasteiger charge is 2.34. The molecule has 0 saturated carbocycles. The van der Waals surface area contributed by atoms with Gasteiger partial charge in [0.2, 0.25) is 0 Å². The topological polar surface area (TPSA) is 43.8 Å². The molecule has 0 aromatic carbocycles. The van der Waals surface area contributed by atoms with Crippen molar-refractivity contribution >= 4 is 5.97 Å². The Balaban J connectivity index is 2.33. The lowest BCUT2D eigenvalue weighted by Crippen LogP contribution is -2.34. The molecule has 0 amide bonds. The second-order valence-electron chi connectivity index (χ2n) is 4.71. The van der Waals surface area contributed by atoms with Crippen LogP contribution in [-0.2, 0) is 4.79 Å². The number of hydrogen-bond acceptors (Lipinski definition) is 3. The molecule has 1 fully saturated rings.